The highest BCUT2D eigenvalue weighted by molar-refractivity contribution is 7.13. The van der Waals surface area contributed by atoms with Crippen LogP contribution in [0.25, 0.3) is 0 Å². The molecule has 2 aromatic heterocycles. The molecule has 1 aromatic carbocycles. The molecule has 1 amide bonds. The highest BCUT2D eigenvalue weighted by Crippen LogP contribution is 2.11. The molecule has 0 bridgehead atoms. The molecule has 3 aromatic rings. The molecule has 0 saturated heterocycles. The van der Waals surface area contributed by atoms with Crippen molar-refractivity contribution in [3.8, 4) is 0 Å². The SMILES string of the molecule is O=C(Nc1nncs1)c1ccc(Cn2cccn2)cc1. The Morgan fingerprint density at radius 2 is 2.15 bits per heavy atom. The van der Waals surface area contributed by atoms with Crippen LogP contribution in [-0.4, -0.2) is 25.9 Å². The van der Waals surface area contributed by atoms with E-state index in [9.17, 15) is 4.79 Å². The van der Waals surface area contributed by atoms with Crippen LogP contribution in [0.4, 0.5) is 5.13 Å². The second-order valence-electron chi connectivity index (χ2n) is 4.10. The predicted octanol–water partition coefficient (Wildman–Crippen LogP) is 2.04. The molecule has 0 atom stereocenters. The van der Waals surface area contributed by atoms with Gasteiger partial charge in [0.2, 0.25) is 5.13 Å². The highest BCUT2D eigenvalue weighted by Gasteiger charge is 2.07. The van der Waals surface area contributed by atoms with E-state index in [4.69, 9.17) is 0 Å². The van der Waals surface area contributed by atoms with Crippen LogP contribution in [0.5, 0.6) is 0 Å². The van der Waals surface area contributed by atoms with Gasteiger partial charge in [-0.05, 0) is 23.8 Å². The number of nitrogens with one attached hydrogen (secondary N) is 1. The minimum Gasteiger partial charge on any atom is -0.296 e. The zero-order valence-corrected chi connectivity index (χ0v) is 11.2. The Bertz CT molecular complexity index is 676. The molecule has 1 N–H and O–H groups in total. The van der Waals surface area contributed by atoms with Gasteiger partial charge in [0, 0.05) is 18.0 Å². The Hall–Kier alpha value is -2.54. The van der Waals surface area contributed by atoms with E-state index in [0.29, 0.717) is 17.2 Å². The minimum absolute atomic E-state index is 0.188. The summed E-state index contributed by atoms with van der Waals surface area (Å²) < 4.78 is 1.83. The van der Waals surface area contributed by atoms with Crippen LogP contribution in [0, 0.1) is 0 Å². The zero-order chi connectivity index (χ0) is 13.8. The summed E-state index contributed by atoms with van der Waals surface area (Å²) in [5.74, 6) is -0.188. The van der Waals surface area contributed by atoms with Crippen molar-refractivity contribution < 1.29 is 4.79 Å². The molecule has 0 saturated carbocycles. The number of benzene rings is 1. The van der Waals surface area contributed by atoms with Crippen molar-refractivity contribution in [1.29, 1.82) is 0 Å². The number of amides is 1. The lowest BCUT2D eigenvalue weighted by atomic mass is 10.1. The summed E-state index contributed by atoms with van der Waals surface area (Å²) in [7, 11) is 0. The predicted molar refractivity (Wildman–Crippen MR) is 75.6 cm³/mol. The number of carbonyl (C=O) groups is 1. The van der Waals surface area contributed by atoms with E-state index in [1.54, 1.807) is 23.8 Å². The second-order valence-corrected chi connectivity index (χ2v) is 4.93. The summed E-state index contributed by atoms with van der Waals surface area (Å²) in [4.78, 5) is 12.0. The average molecular weight is 285 g/mol. The Morgan fingerprint density at radius 1 is 1.30 bits per heavy atom. The lowest BCUT2D eigenvalue weighted by molar-refractivity contribution is 0.102. The van der Waals surface area contributed by atoms with Crippen molar-refractivity contribution in [2.24, 2.45) is 0 Å². The van der Waals surface area contributed by atoms with Crippen LogP contribution >= 0.6 is 11.3 Å². The third-order valence-electron chi connectivity index (χ3n) is 2.70. The third-order valence-corrected chi connectivity index (χ3v) is 3.31. The van der Waals surface area contributed by atoms with Crippen LogP contribution < -0.4 is 5.32 Å². The largest absolute Gasteiger partial charge is 0.296 e. The molecule has 0 aliphatic carbocycles. The molecule has 0 aliphatic rings. The van der Waals surface area contributed by atoms with Gasteiger partial charge in [0.25, 0.3) is 5.91 Å². The van der Waals surface area contributed by atoms with E-state index < -0.39 is 0 Å². The van der Waals surface area contributed by atoms with Gasteiger partial charge in [0.05, 0.1) is 6.54 Å². The van der Waals surface area contributed by atoms with E-state index in [1.807, 2.05) is 29.1 Å². The summed E-state index contributed by atoms with van der Waals surface area (Å²) >= 11 is 1.29. The summed E-state index contributed by atoms with van der Waals surface area (Å²) in [6, 6.07) is 9.28. The number of hydrogen-bond acceptors (Lipinski definition) is 5. The molecule has 0 radical (unpaired) electrons. The van der Waals surface area contributed by atoms with E-state index >= 15 is 0 Å². The summed E-state index contributed by atoms with van der Waals surface area (Å²) in [5, 5.41) is 14.8. The van der Waals surface area contributed by atoms with Crippen LogP contribution in [0.2, 0.25) is 0 Å². The van der Waals surface area contributed by atoms with Crippen molar-refractivity contribution in [2.75, 3.05) is 5.32 Å². The fourth-order valence-electron chi connectivity index (χ4n) is 1.74. The molecule has 6 nitrogen and oxygen atoms in total. The van der Waals surface area contributed by atoms with Gasteiger partial charge >= 0.3 is 0 Å². The average Bonchev–Trinajstić information content (AvgIpc) is 3.13. The first-order valence-corrected chi connectivity index (χ1v) is 6.83. The first kappa shape index (κ1) is 12.5. The smallest absolute Gasteiger partial charge is 0.257 e. The molecule has 0 spiro atoms. The molecule has 0 unspecified atom stereocenters. The number of nitrogens with zero attached hydrogens (tertiary/aromatic N) is 4. The molecule has 100 valence electrons. The van der Waals surface area contributed by atoms with Gasteiger partial charge in [-0.15, -0.1) is 10.2 Å². The Labute approximate surface area is 119 Å². The molecule has 2 heterocycles. The van der Waals surface area contributed by atoms with Crippen molar-refractivity contribution in [1.82, 2.24) is 20.0 Å². The van der Waals surface area contributed by atoms with Gasteiger partial charge in [0.1, 0.15) is 5.51 Å². The van der Waals surface area contributed by atoms with Crippen molar-refractivity contribution in [3.63, 3.8) is 0 Å². The lowest BCUT2D eigenvalue weighted by Crippen LogP contribution is -2.11. The summed E-state index contributed by atoms with van der Waals surface area (Å²) in [6.45, 7) is 0.686. The zero-order valence-electron chi connectivity index (χ0n) is 10.4. The van der Waals surface area contributed by atoms with Crippen LogP contribution in [0.15, 0.2) is 48.2 Å². The molecule has 0 aliphatic heterocycles. The fraction of sp³-hybridized carbons (Fsp3) is 0.0769. The lowest BCUT2D eigenvalue weighted by Gasteiger charge is -2.04. The number of aromatic nitrogens is 4. The van der Waals surface area contributed by atoms with E-state index in [2.05, 4.69) is 20.6 Å². The van der Waals surface area contributed by atoms with Crippen LogP contribution in [0.1, 0.15) is 15.9 Å². The van der Waals surface area contributed by atoms with Crippen LogP contribution in [-0.2, 0) is 6.54 Å². The number of anilines is 1. The monoisotopic (exact) mass is 285 g/mol. The maximum atomic E-state index is 12.0. The highest BCUT2D eigenvalue weighted by atomic mass is 32.1. The molecule has 0 fully saturated rings. The first-order chi connectivity index (χ1) is 9.81. The van der Waals surface area contributed by atoms with Crippen LogP contribution in [0.3, 0.4) is 0 Å². The molecular weight excluding hydrogens is 274 g/mol. The minimum atomic E-state index is -0.188. The summed E-state index contributed by atoms with van der Waals surface area (Å²) in [5.41, 5.74) is 3.24. The topological polar surface area (TPSA) is 72.7 Å². The third kappa shape index (κ3) is 2.89. The Balaban J connectivity index is 1.68. The van der Waals surface area contributed by atoms with Gasteiger partial charge in [0.15, 0.2) is 0 Å². The normalized spacial score (nSPS) is 10.4. The Kier molecular flexibility index (Phi) is 3.51. The second kappa shape index (κ2) is 5.62. The van der Waals surface area contributed by atoms with Gasteiger partial charge in [-0.2, -0.15) is 5.10 Å². The van der Waals surface area contributed by atoms with E-state index in [1.165, 1.54) is 11.3 Å². The molecule has 3 rings (SSSR count). The number of rotatable bonds is 4. The molecular formula is C13H11N5OS. The maximum Gasteiger partial charge on any atom is 0.257 e. The molecule has 20 heavy (non-hydrogen) atoms. The van der Waals surface area contributed by atoms with Gasteiger partial charge < -0.3 is 0 Å². The summed E-state index contributed by atoms with van der Waals surface area (Å²) in [6.07, 6.45) is 3.64. The quantitative estimate of drug-likeness (QED) is 0.796. The van der Waals surface area contributed by atoms with Crippen molar-refractivity contribution in [3.05, 3.63) is 59.4 Å². The van der Waals surface area contributed by atoms with Gasteiger partial charge in [-0.3, -0.25) is 14.8 Å². The number of carbonyl (C=O) groups excluding carboxylic acids is 1. The Morgan fingerprint density at radius 3 is 2.80 bits per heavy atom. The van der Waals surface area contributed by atoms with Crippen molar-refractivity contribution in [2.45, 2.75) is 6.54 Å². The molecule has 7 heteroatoms. The first-order valence-electron chi connectivity index (χ1n) is 5.95. The van der Waals surface area contributed by atoms with Gasteiger partial charge in [-0.25, -0.2) is 0 Å². The number of hydrogen-bond donors (Lipinski definition) is 1. The van der Waals surface area contributed by atoms with Gasteiger partial charge in [-0.1, -0.05) is 23.5 Å². The standard InChI is InChI=1S/C13H11N5OS/c19-12(16-13-17-14-9-20-13)11-4-2-10(3-5-11)8-18-7-1-6-15-18/h1-7,9H,8H2,(H,16,17,19). The van der Waals surface area contributed by atoms with E-state index in [-0.39, 0.29) is 5.91 Å². The van der Waals surface area contributed by atoms with Crippen molar-refractivity contribution >= 4 is 22.4 Å². The maximum absolute atomic E-state index is 12.0. The fourth-order valence-corrected chi connectivity index (χ4v) is 2.18. The van der Waals surface area contributed by atoms with E-state index in [0.717, 1.165) is 5.56 Å².